The van der Waals surface area contributed by atoms with Gasteiger partial charge in [0, 0.05) is 24.3 Å². The maximum Gasteiger partial charge on any atom is 0.402 e. The minimum absolute atomic E-state index is 0. The third-order valence-corrected chi connectivity index (χ3v) is 7.29. The highest BCUT2D eigenvalue weighted by molar-refractivity contribution is 5.88. The number of ether oxygens (including phenoxy) is 4. The zero-order valence-electron chi connectivity index (χ0n) is 22.7. The molecule has 3 aromatic rings. The molecule has 11 N–H and O–H groups in total. The Bertz CT molecular complexity index is 1460. The van der Waals surface area contributed by atoms with Crippen LogP contribution in [0.5, 0.6) is 34.5 Å². The molecule has 3 heterocycles. The van der Waals surface area contributed by atoms with Crippen molar-refractivity contribution in [3.05, 3.63) is 30.3 Å². The number of hydrogen-bond donors (Lipinski definition) is 11. The molecule has 2 saturated heterocycles. The Morgan fingerprint density at radius 3 is 1.98 bits per heavy atom. The Kier molecular flexibility index (Phi) is 9.81. The quantitative estimate of drug-likeness (QED) is 0.0898. The third kappa shape index (κ3) is 6.22. The van der Waals surface area contributed by atoms with Gasteiger partial charge in [-0.05, 0) is 6.92 Å². The van der Waals surface area contributed by atoms with Gasteiger partial charge in [-0.3, -0.25) is 0 Å². The lowest BCUT2D eigenvalue weighted by Gasteiger charge is -2.42. The Morgan fingerprint density at radius 1 is 0.705 bits per heavy atom. The highest BCUT2D eigenvalue weighted by atomic mass is 35.5. The van der Waals surface area contributed by atoms with Crippen LogP contribution in [-0.4, -0.2) is 124 Å². The van der Waals surface area contributed by atoms with Gasteiger partial charge >= 0.3 is 11.3 Å². The standard InChI is InChI=1S/C27H30O16.ClH/c1-8-18(32)21(35)23(37)26(40-8)39-7-17-20(34)22(36)24(38)27(43-17)42-16-6-11-12(29)4-10(28)5-15(11)41-25(16)9-2-13(30)19(33)14(31)3-9;/h2-6,8,17-18,20-24,26-27,32,34-38H,7H2,1H3,(H4-,28,29,30,31,33);1H. The lowest BCUT2D eigenvalue weighted by atomic mass is 9.98. The van der Waals surface area contributed by atoms with Gasteiger partial charge in [0.2, 0.25) is 12.0 Å². The van der Waals surface area contributed by atoms with E-state index in [-0.39, 0.29) is 46.2 Å². The molecular weight excluding hydrogens is 616 g/mol. The van der Waals surface area contributed by atoms with E-state index < -0.39 is 91.0 Å². The fourth-order valence-corrected chi connectivity index (χ4v) is 4.83. The fraction of sp³-hybridized carbons (Fsp3) is 0.444. The number of fused-ring (bicyclic) bond motifs is 1. The highest BCUT2D eigenvalue weighted by Gasteiger charge is 2.48. The van der Waals surface area contributed by atoms with Crippen molar-refractivity contribution in [1.82, 2.24) is 0 Å². The summed E-state index contributed by atoms with van der Waals surface area (Å²) in [4.78, 5) is 0. The first-order valence-electron chi connectivity index (χ1n) is 13.0. The summed E-state index contributed by atoms with van der Waals surface area (Å²) < 4.78 is 28.1. The summed E-state index contributed by atoms with van der Waals surface area (Å²) in [6, 6.07) is 5.39. The molecule has 2 aromatic carbocycles. The molecule has 0 aliphatic carbocycles. The molecular formula is C27H31ClO16. The molecule has 17 heteroatoms. The van der Waals surface area contributed by atoms with Gasteiger partial charge in [-0.1, -0.05) is 0 Å². The zero-order valence-corrected chi connectivity index (χ0v) is 23.5. The van der Waals surface area contributed by atoms with Crippen LogP contribution in [0.15, 0.2) is 34.7 Å². The minimum atomic E-state index is -1.88. The Hall–Kier alpha value is -3.42. The van der Waals surface area contributed by atoms with E-state index in [4.69, 9.17) is 23.4 Å². The van der Waals surface area contributed by atoms with Crippen LogP contribution < -0.4 is 17.1 Å². The van der Waals surface area contributed by atoms with E-state index in [1.807, 2.05) is 0 Å². The normalized spacial score (nSPS) is 32.2. The van der Waals surface area contributed by atoms with Crippen molar-refractivity contribution in [2.24, 2.45) is 0 Å². The SMILES string of the molecule is CC1OC(OCC2OC(Oc3cc4c(O)cc(O)cc4[o+]c3-c3cc(O)c(O)c(O)c3)C(O)C(O)C2O)C(O)C(O)C1O.[Cl-]. The van der Waals surface area contributed by atoms with Crippen LogP contribution in [0.25, 0.3) is 22.3 Å². The number of phenols is 5. The summed E-state index contributed by atoms with van der Waals surface area (Å²) >= 11 is 0. The van der Waals surface area contributed by atoms with Crippen molar-refractivity contribution in [1.29, 1.82) is 0 Å². The van der Waals surface area contributed by atoms with Crippen molar-refractivity contribution < 1.29 is 91.9 Å². The van der Waals surface area contributed by atoms with Gasteiger partial charge in [0.25, 0.3) is 0 Å². The number of halogens is 1. The van der Waals surface area contributed by atoms with Crippen molar-refractivity contribution >= 4 is 11.0 Å². The van der Waals surface area contributed by atoms with E-state index in [1.54, 1.807) is 0 Å². The molecule has 5 rings (SSSR count). The fourth-order valence-electron chi connectivity index (χ4n) is 4.83. The van der Waals surface area contributed by atoms with Crippen molar-refractivity contribution in [2.75, 3.05) is 6.61 Å². The van der Waals surface area contributed by atoms with Crippen LogP contribution in [0.1, 0.15) is 6.92 Å². The van der Waals surface area contributed by atoms with Crippen LogP contribution in [0.3, 0.4) is 0 Å². The van der Waals surface area contributed by atoms with Crippen molar-refractivity contribution in [3.8, 4) is 45.8 Å². The lowest BCUT2D eigenvalue weighted by molar-refractivity contribution is -0.318. The predicted octanol–water partition coefficient (Wildman–Crippen LogP) is -4.06. The first-order valence-corrected chi connectivity index (χ1v) is 13.0. The average molecular weight is 647 g/mol. The van der Waals surface area contributed by atoms with Crippen molar-refractivity contribution in [3.63, 3.8) is 0 Å². The van der Waals surface area contributed by atoms with Gasteiger partial charge in [-0.2, -0.15) is 0 Å². The highest BCUT2D eigenvalue weighted by Crippen LogP contribution is 2.45. The molecule has 2 aliphatic rings. The van der Waals surface area contributed by atoms with E-state index in [0.717, 1.165) is 24.3 Å². The Labute approximate surface area is 254 Å². The molecule has 0 amide bonds. The number of rotatable bonds is 6. The van der Waals surface area contributed by atoms with Gasteiger partial charge < -0.3 is 87.5 Å². The van der Waals surface area contributed by atoms with E-state index in [1.165, 1.54) is 13.0 Å². The number of hydrogen-bond acceptors (Lipinski definition) is 15. The largest absolute Gasteiger partial charge is 1.00 e. The molecule has 10 unspecified atom stereocenters. The molecule has 242 valence electrons. The topological polar surface area (TPSA) is 271 Å². The second-order valence-electron chi connectivity index (χ2n) is 10.3. The molecule has 44 heavy (non-hydrogen) atoms. The van der Waals surface area contributed by atoms with Crippen LogP contribution in [0.2, 0.25) is 0 Å². The third-order valence-electron chi connectivity index (χ3n) is 7.29. The maximum atomic E-state index is 10.7. The molecule has 0 spiro atoms. The predicted molar refractivity (Wildman–Crippen MR) is 140 cm³/mol. The molecule has 2 aliphatic heterocycles. The molecule has 10 atom stereocenters. The number of aliphatic hydroxyl groups excluding tert-OH is 6. The molecule has 0 radical (unpaired) electrons. The molecule has 0 saturated carbocycles. The monoisotopic (exact) mass is 646 g/mol. The van der Waals surface area contributed by atoms with Crippen LogP contribution in [-0.2, 0) is 14.2 Å². The van der Waals surface area contributed by atoms with Crippen LogP contribution >= 0.6 is 0 Å². The van der Waals surface area contributed by atoms with Gasteiger partial charge in [-0.25, -0.2) is 4.42 Å². The minimum Gasteiger partial charge on any atom is -1.00 e. The second-order valence-corrected chi connectivity index (χ2v) is 10.3. The summed E-state index contributed by atoms with van der Waals surface area (Å²) in [6.45, 7) is 0.877. The smallest absolute Gasteiger partial charge is 0.402 e. The van der Waals surface area contributed by atoms with Crippen molar-refractivity contribution in [2.45, 2.75) is 68.3 Å². The number of aliphatic hydroxyl groups is 6. The summed E-state index contributed by atoms with van der Waals surface area (Å²) in [5, 5.41) is 112. The first-order chi connectivity index (χ1) is 20.3. The molecule has 1 aromatic heterocycles. The molecule has 2 fully saturated rings. The molecule has 16 nitrogen and oxygen atoms in total. The van der Waals surface area contributed by atoms with E-state index in [9.17, 15) is 56.2 Å². The Balaban J connectivity index is 0.00000442. The van der Waals surface area contributed by atoms with Gasteiger partial charge in [0.15, 0.2) is 23.5 Å². The van der Waals surface area contributed by atoms with E-state index >= 15 is 0 Å². The summed E-state index contributed by atoms with van der Waals surface area (Å²) in [5.41, 5.74) is -0.150. The number of phenolic OH excluding ortho intramolecular Hbond substituents is 5. The maximum absolute atomic E-state index is 10.7. The van der Waals surface area contributed by atoms with E-state index in [2.05, 4.69) is 0 Å². The van der Waals surface area contributed by atoms with Gasteiger partial charge in [-0.15, -0.1) is 0 Å². The summed E-state index contributed by atoms with van der Waals surface area (Å²) in [6.07, 6.45) is -15.6. The summed E-state index contributed by atoms with van der Waals surface area (Å²) in [7, 11) is 0. The Morgan fingerprint density at radius 2 is 1.32 bits per heavy atom. The first kappa shape index (κ1) is 33.5. The second kappa shape index (κ2) is 12.9. The lowest BCUT2D eigenvalue weighted by Crippen LogP contribution is -3.00. The summed E-state index contributed by atoms with van der Waals surface area (Å²) in [5.74, 6) is -3.64. The van der Waals surface area contributed by atoms with E-state index in [0.29, 0.717) is 0 Å². The average Bonchev–Trinajstić information content (AvgIpc) is 2.96. The van der Waals surface area contributed by atoms with Crippen LogP contribution in [0.4, 0.5) is 0 Å². The number of aromatic hydroxyl groups is 5. The zero-order chi connectivity index (χ0) is 31.3. The van der Waals surface area contributed by atoms with Gasteiger partial charge in [0.1, 0.15) is 59.6 Å². The van der Waals surface area contributed by atoms with Crippen LogP contribution in [0, 0.1) is 0 Å². The number of benzene rings is 2. The molecule has 0 bridgehead atoms. The van der Waals surface area contributed by atoms with Gasteiger partial charge in [0.05, 0.1) is 24.3 Å².